The number of carbonyl (C=O) groups excluding carboxylic acids is 2. The van der Waals surface area contributed by atoms with E-state index in [9.17, 15) is 9.59 Å². The zero-order valence-electron chi connectivity index (χ0n) is 27.8. The molecule has 1 aromatic carbocycles. The number of nitrogens with zero attached hydrogens (tertiary/aromatic N) is 4. The van der Waals surface area contributed by atoms with Gasteiger partial charge in [-0.1, -0.05) is 39.8 Å². The third kappa shape index (κ3) is 8.02. The lowest BCUT2D eigenvalue weighted by atomic mass is 9.77. The number of nitrogens with two attached hydrogens (primary N) is 1. The second kappa shape index (κ2) is 13.3. The normalized spacial score (nSPS) is 17.8. The number of nitrogen functional groups attached to an aromatic ring is 1. The highest BCUT2D eigenvalue weighted by Gasteiger charge is 2.40. The Kier molecular flexibility index (Phi) is 9.86. The number of hydrogen-bond acceptors (Lipinski definition) is 7. The maximum Gasteiger partial charge on any atom is 0.320 e. The lowest BCUT2D eigenvalue weighted by Crippen LogP contribution is -2.53. The molecular weight excluding hydrogens is 599 g/mol. The van der Waals surface area contributed by atoms with E-state index in [1.54, 1.807) is 23.7 Å². The van der Waals surface area contributed by atoms with E-state index in [-0.39, 0.29) is 34.8 Å². The summed E-state index contributed by atoms with van der Waals surface area (Å²) >= 11 is 1.66. The van der Waals surface area contributed by atoms with Crippen LogP contribution in [0.3, 0.4) is 0 Å². The molecule has 0 aliphatic carbocycles. The van der Waals surface area contributed by atoms with Crippen LogP contribution >= 0.6 is 11.3 Å². The number of likely N-dealkylation sites (tertiary alicyclic amines) is 2. The predicted octanol–water partition coefficient (Wildman–Crippen LogP) is 7.46. The lowest BCUT2D eigenvalue weighted by Gasteiger charge is -2.44. The second-order valence-corrected chi connectivity index (χ2v) is 20.4. The van der Waals surface area contributed by atoms with Crippen molar-refractivity contribution >= 4 is 37.2 Å². The summed E-state index contributed by atoms with van der Waals surface area (Å²) in [5.74, 6) is 0.682. The van der Waals surface area contributed by atoms with Gasteiger partial charge in [-0.15, -0.1) is 11.3 Å². The van der Waals surface area contributed by atoms with Crippen molar-refractivity contribution in [2.45, 2.75) is 90.5 Å². The van der Waals surface area contributed by atoms with Crippen LogP contribution in [0.15, 0.2) is 48.1 Å². The van der Waals surface area contributed by atoms with Crippen molar-refractivity contribution in [3.63, 3.8) is 0 Å². The predicted molar refractivity (Wildman–Crippen MR) is 185 cm³/mol. The Morgan fingerprint density at radius 3 is 2.29 bits per heavy atom. The van der Waals surface area contributed by atoms with Crippen molar-refractivity contribution in [2.75, 3.05) is 31.9 Å². The summed E-state index contributed by atoms with van der Waals surface area (Å²) in [5.41, 5.74) is 9.19. The van der Waals surface area contributed by atoms with E-state index >= 15 is 0 Å². The molecule has 2 aromatic heterocycles. The van der Waals surface area contributed by atoms with Crippen LogP contribution in [0.5, 0.6) is 0 Å². The first kappa shape index (κ1) is 33.3. The number of urea groups is 1. The number of piperidine rings is 2. The highest BCUT2D eigenvalue weighted by molar-refractivity contribution is 7.13. The average Bonchev–Trinajstić information content (AvgIpc) is 3.53. The minimum absolute atomic E-state index is 0.00296. The lowest BCUT2D eigenvalue weighted by molar-refractivity contribution is 0.0714. The van der Waals surface area contributed by atoms with Gasteiger partial charge in [0, 0.05) is 68.1 Å². The number of anilines is 1. The molecule has 2 aliphatic rings. The number of thiophene rings is 1. The Balaban J connectivity index is 1.10. The minimum Gasteiger partial charge on any atom is -0.414 e. The maximum atomic E-state index is 13.4. The van der Waals surface area contributed by atoms with E-state index in [1.807, 2.05) is 39.4 Å². The fourth-order valence-corrected chi connectivity index (χ4v) is 8.12. The zero-order valence-corrected chi connectivity index (χ0v) is 29.6. The molecule has 2 fully saturated rings. The standard InChI is InChI=1S/C35H49N5O3SSi/c1-34(2,3)45(5,6)43-28-11-15-39(16-12-28)33(42)40-17-13-35(4,14-18-40)22-32-37-23-27(24-38-32)30(41)21-26-20-25(9-10-29(26)36)31-8-7-19-44-31/h7-10,19-20,23-24,28H,11-18,21-22,36H2,1-6H3. The maximum absolute atomic E-state index is 13.4. The van der Waals surface area contributed by atoms with Crippen LogP contribution in [0, 0.1) is 5.41 Å². The van der Waals surface area contributed by atoms with Gasteiger partial charge in [-0.05, 0) is 83.9 Å². The van der Waals surface area contributed by atoms with Gasteiger partial charge >= 0.3 is 6.03 Å². The fraction of sp³-hybridized carbons (Fsp3) is 0.543. The van der Waals surface area contributed by atoms with Crippen LogP contribution < -0.4 is 5.73 Å². The molecular formula is C35H49N5O3SSi. The molecule has 0 saturated carbocycles. The largest absolute Gasteiger partial charge is 0.414 e. The van der Waals surface area contributed by atoms with Gasteiger partial charge in [-0.25, -0.2) is 14.8 Å². The summed E-state index contributed by atoms with van der Waals surface area (Å²) in [4.78, 5) is 40.8. The van der Waals surface area contributed by atoms with Crippen molar-refractivity contribution in [2.24, 2.45) is 5.41 Å². The van der Waals surface area contributed by atoms with Crippen molar-refractivity contribution in [1.29, 1.82) is 0 Å². The smallest absolute Gasteiger partial charge is 0.320 e. The van der Waals surface area contributed by atoms with Crippen LogP contribution in [0.4, 0.5) is 10.5 Å². The molecule has 0 bridgehead atoms. The number of benzene rings is 1. The molecule has 242 valence electrons. The Morgan fingerprint density at radius 1 is 1.04 bits per heavy atom. The molecule has 2 amide bonds. The van der Waals surface area contributed by atoms with Gasteiger partial charge in [-0.2, -0.15) is 0 Å². The zero-order chi connectivity index (χ0) is 32.4. The summed E-state index contributed by atoms with van der Waals surface area (Å²) in [5, 5.41) is 2.23. The van der Waals surface area contributed by atoms with Crippen molar-refractivity contribution in [3.8, 4) is 10.4 Å². The fourth-order valence-electron chi connectivity index (χ4n) is 5.97. The Bertz CT molecular complexity index is 1470. The Labute approximate surface area is 273 Å². The van der Waals surface area contributed by atoms with Crippen LogP contribution in [0.1, 0.15) is 75.1 Å². The SMILES string of the molecule is CC1(Cc2ncc(C(=O)Cc3cc(-c4cccs4)ccc3N)cn2)CCN(C(=O)N2CCC(O[Si](C)(C)C(C)(C)C)CC2)CC1. The number of amides is 2. The average molecular weight is 648 g/mol. The van der Waals surface area contributed by atoms with E-state index in [1.165, 1.54) is 0 Å². The number of rotatable bonds is 8. The highest BCUT2D eigenvalue weighted by Crippen LogP contribution is 2.39. The first-order chi connectivity index (χ1) is 21.2. The summed E-state index contributed by atoms with van der Waals surface area (Å²) in [6, 6.07) is 10.1. The van der Waals surface area contributed by atoms with E-state index < -0.39 is 8.32 Å². The number of aromatic nitrogens is 2. The molecule has 8 nitrogen and oxygen atoms in total. The molecule has 5 rings (SSSR count). The van der Waals surface area contributed by atoms with Gasteiger partial charge in [0.2, 0.25) is 0 Å². The highest BCUT2D eigenvalue weighted by atomic mass is 32.1. The first-order valence-electron chi connectivity index (χ1n) is 16.2. The molecule has 0 unspecified atom stereocenters. The number of Topliss-reactive ketones (excluding diaryl/α,β-unsaturated/α-hetero) is 1. The first-order valence-corrected chi connectivity index (χ1v) is 20.0. The van der Waals surface area contributed by atoms with Crippen LogP contribution in [0.2, 0.25) is 18.1 Å². The molecule has 4 heterocycles. The minimum atomic E-state index is -1.81. The monoisotopic (exact) mass is 647 g/mol. The van der Waals surface area contributed by atoms with Gasteiger partial charge in [-0.3, -0.25) is 4.79 Å². The van der Waals surface area contributed by atoms with E-state index in [0.717, 1.165) is 80.1 Å². The topological polar surface area (TPSA) is 102 Å². The van der Waals surface area contributed by atoms with E-state index in [2.05, 4.69) is 56.8 Å². The molecule has 0 atom stereocenters. The second-order valence-electron chi connectivity index (χ2n) is 14.7. The quantitative estimate of drug-likeness (QED) is 0.155. The molecule has 3 aromatic rings. The molecule has 0 spiro atoms. The van der Waals surface area contributed by atoms with E-state index in [0.29, 0.717) is 11.3 Å². The third-order valence-electron chi connectivity index (χ3n) is 10.1. The number of ketones is 1. The third-order valence-corrected chi connectivity index (χ3v) is 15.6. The van der Waals surface area contributed by atoms with Gasteiger partial charge in [0.1, 0.15) is 5.82 Å². The molecule has 0 radical (unpaired) electrons. The molecule has 45 heavy (non-hydrogen) atoms. The Morgan fingerprint density at radius 2 is 1.69 bits per heavy atom. The van der Waals surface area contributed by atoms with Gasteiger partial charge < -0.3 is 20.0 Å². The number of hydrogen-bond donors (Lipinski definition) is 1. The van der Waals surface area contributed by atoms with E-state index in [4.69, 9.17) is 10.2 Å². The molecule has 2 N–H and O–H groups in total. The van der Waals surface area contributed by atoms with Gasteiger partial charge in [0.25, 0.3) is 0 Å². The van der Waals surface area contributed by atoms with Crippen LogP contribution in [0.25, 0.3) is 10.4 Å². The number of carbonyl (C=O) groups is 2. The van der Waals surface area contributed by atoms with Gasteiger partial charge in [0.15, 0.2) is 14.1 Å². The molecule has 2 saturated heterocycles. The molecule has 10 heteroatoms. The van der Waals surface area contributed by atoms with Gasteiger partial charge in [0.05, 0.1) is 5.56 Å². The van der Waals surface area contributed by atoms with Crippen molar-refractivity contribution < 1.29 is 14.0 Å². The van der Waals surface area contributed by atoms with Crippen LogP contribution in [-0.4, -0.2) is 72.2 Å². The summed E-state index contributed by atoms with van der Waals surface area (Å²) in [6.45, 7) is 16.7. The summed E-state index contributed by atoms with van der Waals surface area (Å²) in [7, 11) is -1.81. The Hall–Kier alpha value is -3.08. The summed E-state index contributed by atoms with van der Waals surface area (Å²) < 4.78 is 6.62. The molecule has 2 aliphatic heterocycles. The van der Waals surface area contributed by atoms with Crippen molar-refractivity contribution in [3.05, 3.63) is 65.1 Å². The summed E-state index contributed by atoms with van der Waals surface area (Å²) in [6.07, 6.45) is 8.08. The van der Waals surface area contributed by atoms with Crippen LogP contribution in [-0.2, 0) is 17.3 Å². The van der Waals surface area contributed by atoms with Crippen molar-refractivity contribution in [1.82, 2.24) is 19.8 Å².